The van der Waals surface area contributed by atoms with Gasteiger partial charge in [0.05, 0.1) is 24.7 Å². The largest absolute Gasteiger partial charge is 0.481 e. The summed E-state index contributed by atoms with van der Waals surface area (Å²) in [6.45, 7) is 7.06. The fourth-order valence-corrected chi connectivity index (χ4v) is 11.6. The number of carbonyl (C=O) groups is 2. The van der Waals surface area contributed by atoms with Gasteiger partial charge in [-0.3, -0.25) is 13.8 Å². The predicted octanol–water partition coefficient (Wildman–Crippen LogP) is 3.19. The van der Waals surface area contributed by atoms with E-state index in [1.54, 1.807) is 13.8 Å². The zero-order valence-corrected chi connectivity index (χ0v) is 29.0. The van der Waals surface area contributed by atoms with Gasteiger partial charge in [0.25, 0.3) is 0 Å². The summed E-state index contributed by atoms with van der Waals surface area (Å²) < 4.78 is 45.8. The molecule has 1 aliphatic heterocycles. The molecule has 5 N–H and O–H groups in total. The van der Waals surface area contributed by atoms with Gasteiger partial charge in [0.1, 0.15) is 17.5 Å². The van der Waals surface area contributed by atoms with Crippen molar-refractivity contribution in [3.63, 3.8) is 0 Å². The number of hydrogen-bond acceptors (Lipinski definition) is 16. The third-order valence-electron chi connectivity index (χ3n) is 12.0. The van der Waals surface area contributed by atoms with Gasteiger partial charge < -0.3 is 29.5 Å². The van der Waals surface area contributed by atoms with Gasteiger partial charge in [-0.2, -0.15) is 0 Å². The van der Waals surface area contributed by atoms with Crippen LogP contribution in [-0.4, -0.2) is 90.6 Å². The zero-order chi connectivity index (χ0) is 35.0. The lowest BCUT2D eigenvalue weighted by atomic mass is 9.43. The van der Waals surface area contributed by atoms with Gasteiger partial charge in [0, 0.05) is 11.8 Å². The van der Waals surface area contributed by atoms with Crippen LogP contribution in [0.5, 0.6) is 0 Å². The number of hydrogen-bond donors (Lipinski definition) is 5. The van der Waals surface area contributed by atoms with Crippen LogP contribution in [0.4, 0.5) is 0 Å². The summed E-state index contributed by atoms with van der Waals surface area (Å²) in [4.78, 5) is 25.9. The third kappa shape index (κ3) is 7.20. The Morgan fingerprint density at radius 1 is 1.10 bits per heavy atom. The van der Waals surface area contributed by atoms with Crippen LogP contribution >= 0.6 is 12.3 Å². The molecule has 4 aliphatic carbocycles. The first-order valence-electron chi connectivity index (χ1n) is 16.5. The molecule has 0 aromatic carbocycles. The lowest BCUT2D eigenvalue weighted by Gasteiger charge is -2.62. The Balaban J connectivity index is 1.48. The van der Waals surface area contributed by atoms with E-state index in [0.29, 0.717) is 18.8 Å². The monoisotopic (exact) mass is 728 g/mol. The highest BCUT2D eigenvalue weighted by Gasteiger charge is 2.67. The molecule has 5 fully saturated rings. The molecule has 5 aliphatic rings. The summed E-state index contributed by atoms with van der Waals surface area (Å²) in [6, 6.07) is 0. The fourth-order valence-electron chi connectivity index (χ4n) is 10.2. The van der Waals surface area contributed by atoms with Crippen LogP contribution in [-0.2, 0) is 57.8 Å². The highest BCUT2D eigenvalue weighted by molar-refractivity contribution is 7.89. The number of ether oxygens (including phenoxy) is 3. The minimum Gasteiger partial charge on any atom is -0.481 e. The lowest BCUT2D eigenvalue weighted by molar-refractivity contribution is -0.436. The van der Waals surface area contributed by atoms with Crippen LogP contribution < -0.4 is 0 Å². The van der Waals surface area contributed by atoms with E-state index in [4.69, 9.17) is 28.9 Å². The van der Waals surface area contributed by atoms with Gasteiger partial charge in [-0.25, -0.2) is 14.7 Å². The molecule has 1 spiro atoms. The second kappa shape index (κ2) is 15.7. The number of rotatable bonds is 14. The van der Waals surface area contributed by atoms with Crippen LogP contribution in [0.25, 0.3) is 0 Å². The third-order valence-corrected chi connectivity index (χ3v) is 13.6. The minimum atomic E-state index is -2.58. The van der Waals surface area contributed by atoms with Gasteiger partial charge >= 0.3 is 11.9 Å². The van der Waals surface area contributed by atoms with Crippen LogP contribution in [0.3, 0.4) is 0 Å². The van der Waals surface area contributed by atoms with Gasteiger partial charge in [0.15, 0.2) is 35.8 Å². The van der Waals surface area contributed by atoms with Crippen molar-refractivity contribution in [2.45, 2.75) is 121 Å². The van der Waals surface area contributed by atoms with E-state index in [-0.39, 0.29) is 54.3 Å². The molecule has 18 heteroatoms. The maximum absolute atomic E-state index is 13.0. The van der Waals surface area contributed by atoms with Gasteiger partial charge in [-0.1, -0.05) is 37.8 Å². The molecule has 16 nitrogen and oxygen atoms in total. The molecule has 2 bridgehead atoms. The molecule has 0 amide bonds. The molecule has 1 heterocycles. The van der Waals surface area contributed by atoms with E-state index in [1.165, 1.54) is 0 Å². The number of carboxylic acid groups (broad SMARTS) is 1. The van der Waals surface area contributed by atoms with Gasteiger partial charge in [0.2, 0.25) is 0 Å². The van der Waals surface area contributed by atoms with Gasteiger partial charge in [-0.05, 0) is 80.0 Å². The van der Waals surface area contributed by atoms with Crippen LogP contribution in [0, 0.1) is 46.3 Å². The molecule has 5 rings (SSSR count). The first-order valence-corrected chi connectivity index (χ1v) is 18.3. The molecule has 0 aromatic rings. The summed E-state index contributed by atoms with van der Waals surface area (Å²) in [6.07, 6.45) is -2.28. The van der Waals surface area contributed by atoms with E-state index in [0.717, 1.165) is 25.7 Å². The highest BCUT2D eigenvalue weighted by atomic mass is 32.2. The molecule has 48 heavy (non-hydrogen) atoms. The van der Waals surface area contributed by atoms with E-state index >= 15 is 0 Å². The Bertz CT molecular complexity index is 1160. The van der Waals surface area contributed by atoms with Crippen molar-refractivity contribution in [3.8, 4) is 0 Å². The molecule has 4 saturated carbocycles. The van der Waals surface area contributed by atoms with Gasteiger partial charge in [-0.15, -0.1) is 8.67 Å². The maximum Gasteiger partial charge on any atom is 0.306 e. The number of esters is 1. The van der Waals surface area contributed by atoms with Crippen LogP contribution in [0.15, 0.2) is 0 Å². The topological polar surface area (TPSA) is 226 Å². The molecule has 1 saturated heterocycles. The molecule has 0 aromatic heterocycles. The van der Waals surface area contributed by atoms with Crippen molar-refractivity contribution in [1.82, 2.24) is 0 Å². The number of fused-ring (bicyclic) bond motifs is 3. The molecule has 10 unspecified atom stereocenters. The second-order valence-corrected chi connectivity index (χ2v) is 16.5. The van der Waals surface area contributed by atoms with Crippen molar-refractivity contribution in [1.29, 1.82) is 0 Å². The number of carbonyl (C=O) groups excluding carboxylic acids is 1. The summed E-state index contributed by atoms with van der Waals surface area (Å²) in [5.41, 5.74) is -0.808. The van der Waals surface area contributed by atoms with Crippen molar-refractivity contribution in [2.24, 2.45) is 46.3 Å². The molecular weight excluding hydrogens is 680 g/mol. The van der Waals surface area contributed by atoms with Crippen LogP contribution in [0.1, 0.15) is 79.1 Å². The normalized spacial score (nSPS) is 44.5. The van der Waals surface area contributed by atoms with Crippen molar-refractivity contribution in [2.75, 3.05) is 6.61 Å². The standard InChI is InChI=1S/C30H48O16S2/c1-14(2)9-22(32)41-24-23(42-47-45-43-36)25(48(38)46-44-37)20(13-31)40-28(24)39-17-10-18(27(34)35)19-7-8-30-11-16(15(3)26(30)33)5-6-21(30)29(19,4)12-17/h14-21,23-26,28,31,33,36-37H,5-13H2,1-4H3,(H,34,35)/t15?,16?,17?,18?,19?,20-,21?,23-,24?,25+,26-,28+,29?,30?,48?/m0/s1. The highest BCUT2D eigenvalue weighted by Crippen LogP contribution is 2.71. The molecule has 276 valence electrons. The lowest BCUT2D eigenvalue weighted by Crippen LogP contribution is -2.64. The smallest absolute Gasteiger partial charge is 0.306 e. The van der Waals surface area contributed by atoms with E-state index in [2.05, 4.69) is 32.6 Å². The average Bonchev–Trinajstić information content (AvgIpc) is 3.20. The predicted molar refractivity (Wildman–Crippen MR) is 164 cm³/mol. The molecule has 0 radical (unpaired) electrons. The Morgan fingerprint density at radius 2 is 1.85 bits per heavy atom. The first-order chi connectivity index (χ1) is 22.8. The Hall–Kier alpha value is -1.00. The number of aliphatic hydroxyl groups excluding tert-OH is 2. The fraction of sp³-hybridized carbons (Fsp3) is 0.933. The summed E-state index contributed by atoms with van der Waals surface area (Å²) in [5, 5.41) is 55.6. The first kappa shape index (κ1) is 38.2. The minimum absolute atomic E-state index is 0.0253. The number of aliphatic carboxylic acids is 1. The molecular formula is C30H48O16S2. The summed E-state index contributed by atoms with van der Waals surface area (Å²) in [7, 11) is 0. The number of aliphatic hydroxyl groups is 2. The zero-order valence-electron chi connectivity index (χ0n) is 27.4. The Morgan fingerprint density at radius 3 is 2.50 bits per heavy atom. The van der Waals surface area contributed by atoms with E-state index in [1.807, 2.05) is 0 Å². The van der Waals surface area contributed by atoms with E-state index in [9.17, 15) is 29.1 Å². The average molecular weight is 729 g/mol. The quantitative estimate of drug-likeness (QED) is 0.0432. The maximum atomic E-state index is 13.0. The van der Waals surface area contributed by atoms with Crippen molar-refractivity contribution < 1.29 is 76.8 Å². The Labute approximate surface area is 285 Å². The second-order valence-electron chi connectivity index (χ2n) is 14.8. The Kier molecular flexibility index (Phi) is 12.5. The van der Waals surface area contributed by atoms with E-state index < -0.39 is 83.0 Å². The van der Waals surface area contributed by atoms with Crippen LogP contribution in [0.2, 0.25) is 0 Å². The van der Waals surface area contributed by atoms with Crippen molar-refractivity contribution in [3.05, 3.63) is 0 Å². The summed E-state index contributed by atoms with van der Waals surface area (Å²) in [5.74, 6) is -1.99. The number of carboxylic acids is 1. The molecule has 15 atom stereocenters. The summed E-state index contributed by atoms with van der Waals surface area (Å²) >= 11 is -2.49. The van der Waals surface area contributed by atoms with Crippen molar-refractivity contribution >= 4 is 35.3 Å². The SMILES string of the molecule is CC(C)CC(=O)OC1[C@H](OC2CC(C(=O)O)C3CCC45CC(CCC4C3(C)C2)C(C)[C@@H]5O)O[C@@H](CO)[C@@H](S(=O)OOO)[C@H]1OSOOO.